The number of alkyl halides is 3. The van der Waals surface area contributed by atoms with Crippen molar-refractivity contribution in [2.45, 2.75) is 31.5 Å². The lowest BCUT2D eigenvalue weighted by Crippen LogP contribution is -2.38. The second-order valence-electron chi connectivity index (χ2n) is 10.8. The van der Waals surface area contributed by atoms with Crippen molar-refractivity contribution in [2.24, 2.45) is 0 Å². The van der Waals surface area contributed by atoms with Crippen LogP contribution in [0.5, 0.6) is 0 Å². The molecule has 1 fully saturated rings. The van der Waals surface area contributed by atoms with Crippen molar-refractivity contribution >= 4 is 40.6 Å². The Labute approximate surface area is 265 Å². The number of likely N-dealkylation sites (tertiary alicyclic amines) is 1. The number of carbonyl (C=O) groups excluding carboxylic acids is 2. The molecule has 1 aliphatic heterocycles. The fraction of sp³-hybridized carbons (Fsp3) is 0.235. The average Bonchev–Trinajstić information content (AvgIpc) is 3.07. The summed E-state index contributed by atoms with van der Waals surface area (Å²) in [4.78, 5) is 34.2. The van der Waals surface area contributed by atoms with Gasteiger partial charge in [-0.1, -0.05) is 43.0 Å². The van der Waals surface area contributed by atoms with Crippen molar-refractivity contribution < 1.29 is 22.8 Å². The first-order valence-corrected chi connectivity index (χ1v) is 14.8. The Morgan fingerprint density at radius 3 is 2.54 bits per heavy atom. The topological polar surface area (TPSA) is 111 Å². The quantitative estimate of drug-likeness (QED) is 0.142. The summed E-state index contributed by atoms with van der Waals surface area (Å²) >= 11 is 0. The average molecular weight is 630 g/mol. The number of nitrogens with zero attached hydrogens (tertiary/aromatic N) is 3. The van der Waals surface area contributed by atoms with Gasteiger partial charge in [0.1, 0.15) is 11.4 Å². The number of hydrogen-bond acceptors (Lipinski definition) is 7. The summed E-state index contributed by atoms with van der Waals surface area (Å²) in [6.45, 7) is 5.57. The van der Waals surface area contributed by atoms with Crippen LogP contribution in [0.4, 0.5) is 42.0 Å². The minimum Gasteiger partial charge on any atom is -0.381 e. The lowest BCUT2D eigenvalue weighted by Gasteiger charge is -2.32. The lowest BCUT2D eigenvalue weighted by atomic mass is 9.90. The molecule has 2 amide bonds. The van der Waals surface area contributed by atoms with Gasteiger partial charge in [0, 0.05) is 50.2 Å². The van der Waals surface area contributed by atoms with Crippen LogP contribution in [0.15, 0.2) is 91.6 Å². The number of benzene rings is 3. The summed E-state index contributed by atoms with van der Waals surface area (Å²) < 4.78 is 41.4. The molecule has 238 valence electrons. The van der Waals surface area contributed by atoms with Gasteiger partial charge in [0.2, 0.25) is 11.9 Å². The Bertz CT molecular complexity index is 1710. The van der Waals surface area contributed by atoms with Gasteiger partial charge < -0.3 is 26.2 Å². The molecule has 1 aromatic heterocycles. The summed E-state index contributed by atoms with van der Waals surface area (Å²) in [5, 5.41) is 11.5. The van der Waals surface area contributed by atoms with Crippen LogP contribution in [-0.2, 0) is 17.5 Å². The van der Waals surface area contributed by atoms with Crippen molar-refractivity contribution in [3.8, 4) is 0 Å². The number of halogens is 3. The second-order valence-corrected chi connectivity index (χ2v) is 10.8. The van der Waals surface area contributed by atoms with Gasteiger partial charge in [0.05, 0.1) is 11.3 Å². The SMILES string of the molecule is C=CC(=O)N1CCCC(c2cccc(NCc3ccc(Nc4ncc(C(F)(F)F)c(Nc5ccccc5C(=O)NC)n4)cc3)c2)C1. The van der Waals surface area contributed by atoms with Crippen molar-refractivity contribution in [3.63, 3.8) is 0 Å². The van der Waals surface area contributed by atoms with Crippen molar-refractivity contribution in [1.29, 1.82) is 0 Å². The lowest BCUT2D eigenvalue weighted by molar-refractivity contribution is -0.137. The van der Waals surface area contributed by atoms with E-state index < -0.39 is 23.5 Å². The zero-order valence-electron chi connectivity index (χ0n) is 25.2. The highest BCUT2D eigenvalue weighted by molar-refractivity contribution is 6.00. The van der Waals surface area contributed by atoms with E-state index in [1.54, 1.807) is 24.3 Å². The third-order valence-corrected chi connectivity index (χ3v) is 7.72. The maximum absolute atomic E-state index is 13.8. The van der Waals surface area contributed by atoms with Crippen molar-refractivity contribution in [3.05, 3.63) is 114 Å². The number of hydrogen-bond donors (Lipinski definition) is 4. The monoisotopic (exact) mass is 629 g/mol. The molecular weight excluding hydrogens is 595 g/mol. The van der Waals surface area contributed by atoms with E-state index in [-0.39, 0.29) is 29.0 Å². The maximum atomic E-state index is 13.8. The van der Waals surface area contributed by atoms with Gasteiger partial charge >= 0.3 is 6.18 Å². The Morgan fingerprint density at radius 2 is 1.80 bits per heavy atom. The molecule has 5 rings (SSSR count). The van der Waals surface area contributed by atoms with Crippen LogP contribution in [-0.4, -0.2) is 46.8 Å². The van der Waals surface area contributed by atoms with E-state index in [0.29, 0.717) is 25.0 Å². The molecule has 4 N–H and O–H groups in total. The Hall–Kier alpha value is -5.39. The van der Waals surface area contributed by atoms with Crippen LogP contribution in [0.2, 0.25) is 0 Å². The third-order valence-electron chi connectivity index (χ3n) is 7.72. The summed E-state index contributed by atoms with van der Waals surface area (Å²) in [6, 6.07) is 21.8. The molecular formula is C34H34F3N7O2. The molecule has 0 aliphatic carbocycles. The van der Waals surface area contributed by atoms with Gasteiger partial charge in [-0.3, -0.25) is 9.59 Å². The van der Waals surface area contributed by atoms with Crippen molar-refractivity contribution in [2.75, 3.05) is 36.1 Å². The highest BCUT2D eigenvalue weighted by Crippen LogP contribution is 2.36. The molecule has 2 heterocycles. The van der Waals surface area contributed by atoms with E-state index in [1.165, 1.54) is 30.8 Å². The molecule has 4 aromatic rings. The number of anilines is 5. The number of aromatic nitrogens is 2. The molecule has 1 atom stereocenters. The van der Waals surface area contributed by atoms with Crippen LogP contribution in [0, 0.1) is 0 Å². The normalized spacial score (nSPS) is 14.7. The van der Waals surface area contributed by atoms with Gasteiger partial charge in [-0.2, -0.15) is 18.2 Å². The van der Waals surface area contributed by atoms with E-state index in [1.807, 2.05) is 29.2 Å². The summed E-state index contributed by atoms with van der Waals surface area (Å²) in [5.41, 5.74) is 2.97. The van der Waals surface area contributed by atoms with Gasteiger partial charge in [-0.25, -0.2) is 4.98 Å². The van der Waals surface area contributed by atoms with Crippen molar-refractivity contribution in [1.82, 2.24) is 20.2 Å². The predicted molar refractivity (Wildman–Crippen MR) is 172 cm³/mol. The van der Waals surface area contributed by atoms with Crippen LogP contribution in [0.3, 0.4) is 0 Å². The molecule has 3 aromatic carbocycles. The van der Waals surface area contributed by atoms with Gasteiger partial charge in [-0.15, -0.1) is 0 Å². The number of rotatable bonds is 10. The fourth-order valence-electron chi connectivity index (χ4n) is 5.32. The Balaban J connectivity index is 1.25. The van der Waals surface area contributed by atoms with E-state index in [9.17, 15) is 22.8 Å². The summed E-state index contributed by atoms with van der Waals surface area (Å²) in [7, 11) is 1.44. The molecule has 0 saturated carbocycles. The molecule has 9 nitrogen and oxygen atoms in total. The first-order chi connectivity index (χ1) is 22.1. The molecule has 12 heteroatoms. The molecule has 0 spiro atoms. The second kappa shape index (κ2) is 14.1. The third kappa shape index (κ3) is 7.81. The number of nitrogens with one attached hydrogen (secondary N) is 4. The highest BCUT2D eigenvalue weighted by Gasteiger charge is 2.35. The van der Waals surface area contributed by atoms with Crippen LogP contribution in [0.25, 0.3) is 0 Å². The Morgan fingerprint density at radius 1 is 1.02 bits per heavy atom. The smallest absolute Gasteiger partial charge is 0.381 e. The first kappa shape index (κ1) is 32.0. The Kier molecular flexibility index (Phi) is 9.85. The minimum absolute atomic E-state index is 0.0393. The first-order valence-electron chi connectivity index (χ1n) is 14.8. The van der Waals surface area contributed by atoms with Crippen LogP contribution < -0.4 is 21.3 Å². The number of para-hydroxylation sites is 1. The molecule has 1 unspecified atom stereocenters. The number of amides is 2. The van der Waals surface area contributed by atoms with E-state index in [4.69, 9.17) is 0 Å². The zero-order chi connectivity index (χ0) is 32.7. The standard InChI is InChI=1S/C34H34F3N7O2/c1-3-30(45)44-17-7-9-24(21-44)23-8-6-10-26(18-23)39-19-22-13-15-25(16-14-22)41-33-40-20-28(34(35,36)37)31(43-33)42-29-12-5-4-11-27(29)32(46)38-2/h3-6,8,10-16,18,20,24,39H,1,7,9,17,19,21H2,2H3,(H,38,46)(H2,40,41,42,43). The van der Waals surface area contributed by atoms with E-state index >= 15 is 0 Å². The largest absolute Gasteiger partial charge is 0.421 e. The molecule has 1 aliphatic rings. The van der Waals surface area contributed by atoms with Gasteiger partial charge in [0.25, 0.3) is 5.91 Å². The minimum atomic E-state index is -4.72. The maximum Gasteiger partial charge on any atom is 0.421 e. The van der Waals surface area contributed by atoms with Crippen LogP contribution in [0.1, 0.15) is 45.8 Å². The molecule has 0 radical (unpaired) electrons. The summed E-state index contributed by atoms with van der Waals surface area (Å²) in [5.74, 6) is -0.769. The number of carbonyl (C=O) groups is 2. The van der Waals surface area contributed by atoms with E-state index in [0.717, 1.165) is 30.6 Å². The van der Waals surface area contributed by atoms with Crippen LogP contribution >= 0.6 is 0 Å². The fourth-order valence-corrected chi connectivity index (χ4v) is 5.32. The highest BCUT2D eigenvalue weighted by atomic mass is 19.4. The van der Waals surface area contributed by atoms with Gasteiger partial charge in [-0.05, 0) is 66.4 Å². The summed E-state index contributed by atoms with van der Waals surface area (Å²) in [6.07, 6.45) is -0.693. The molecule has 46 heavy (non-hydrogen) atoms. The van der Waals surface area contributed by atoms with Gasteiger partial charge in [0.15, 0.2) is 0 Å². The van der Waals surface area contributed by atoms with E-state index in [2.05, 4.69) is 49.9 Å². The number of piperidine rings is 1. The molecule has 0 bridgehead atoms. The molecule has 1 saturated heterocycles. The zero-order valence-corrected chi connectivity index (χ0v) is 25.2. The predicted octanol–water partition coefficient (Wildman–Crippen LogP) is 6.85.